The standard InChI is InChI=1S/C22H23NO2.C2HF3O2/c1-23(16-22(25)18-10-6-3-7-11-18)15-20-14-19(12-13-21(20)24)17-8-4-2-5-9-17;3-2(4,5)1(6)7/h2-14,22,24-25H,15-16H2,1H3;(H,6,7). The van der Waals surface area contributed by atoms with Gasteiger partial charge >= 0.3 is 12.1 Å². The van der Waals surface area contributed by atoms with Crippen LogP contribution in [0.5, 0.6) is 5.75 Å². The topological polar surface area (TPSA) is 81.0 Å². The Labute approximate surface area is 184 Å². The maximum absolute atomic E-state index is 10.6. The summed E-state index contributed by atoms with van der Waals surface area (Å²) in [5.41, 5.74) is 3.95. The largest absolute Gasteiger partial charge is 0.508 e. The molecule has 3 aromatic carbocycles. The van der Waals surface area contributed by atoms with Crippen LogP contribution in [0.1, 0.15) is 17.2 Å². The number of nitrogens with zero attached hydrogens (tertiary/aromatic N) is 1. The van der Waals surface area contributed by atoms with Gasteiger partial charge in [-0.3, -0.25) is 4.90 Å². The lowest BCUT2D eigenvalue weighted by Gasteiger charge is -2.21. The van der Waals surface area contributed by atoms with Crippen molar-refractivity contribution in [2.24, 2.45) is 0 Å². The molecule has 0 saturated carbocycles. The number of likely N-dealkylation sites (N-methyl/N-ethyl adjacent to an activating group) is 1. The number of hydrogen-bond acceptors (Lipinski definition) is 4. The summed E-state index contributed by atoms with van der Waals surface area (Å²) in [7, 11) is 1.95. The van der Waals surface area contributed by atoms with E-state index in [-0.39, 0.29) is 5.75 Å². The molecule has 1 unspecified atom stereocenters. The van der Waals surface area contributed by atoms with Gasteiger partial charge in [0.05, 0.1) is 6.10 Å². The molecular formula is C24H24F3NO4. The number of phenols is 1. The van der Waals surface area contributed by atoms with Crippen molar-refractivity contribution in [3.8, 4) is 16.9 Å². The number of rotatable bonds is 6. The SMILES string of the molecule is CN(Cc1cc(-c2ccccc2)ccc1O)CC(O)c1ccccc1.O=C(O)C(F)(F)F. The summed E-state index contributed by atoms with van der Waals surface area (Å²) in [6, 6.07) is 25.4. The van der Waals surface area contributed by atoms with E-state index in [9.17, 15) is 23.4 Å². The van der Waals surface area contributed by atoms with Gasteiger partial charge in [0.15, 0.2) is 0 Å². The molecule has 3 N–H and O–H groups in total. The van der Waals surface area contributed by atoms with E-state index in [0.717, 1.165) is 22.3 Å². The number of halogens is 3. The molecule has 0 fully saturated rings. The van der Waals surface area contributed by atoms with Crippen molar-refractivity contribution in [2.75, 3.05) is 13.6 Å². The van der Waals surface area contributed by atoms with Gasteiger partial charge in [-0.15, -0.1) is 0 Å². The molecule has 0 aliphatic heterocycles. The second kappa shape index (κ2) is 11.3. The summed E-state index contributed by atoms with van der Waals surface area (Å²) < 4.78 is 31.7. The van der Waals surface area contributed by atoms with Gasteiger partial charge in [-0.05, 0) is 35.9 Å². The molecule has 0 spiro atoms. The molecule has 5 nitrogen and oxygen atoms in total. The molecule has 3 aromatic rings. The van der Waals surface area contributed by atoms with E-state index in [4.69, 9.17) is 9.90 Å². The van der Waals surface area contributed by atoms with Crippen LogP contribution in [0.25, 0.3) is 11.1 Å². The predicted octanol–water partition coefficient (Wildman–Crippen LogP) is 4.86. The third kappa shape index (κ3) is 7.72. The second-order valence-corrected chi connectivity index (χ2v) is 7.14. The van der Waals surface area contributed by atoms with Crippen LogP contribution in [0.2, 0.25) is 0 Å². The van der Waals surface area contributed by atoms with Crippen LogP contribution >= 0.6 is 0 Å². The highest BCUT2D eigenvalue weighted by Crippen LogP contribution is 2.27. The molecule has 0 radical (unpaired) electrons. The fourth-order valence-corrected chi connectivity index (χ4v) is 2.95. The van der Waals surface area contributed by atoms with Crippen LogP contribution in [-0.4, -0.2) is 46.0 Å². The monoisotopic (exact) mass is 447 g/mol. The summed E-state index contributed by atoms with van der Waals surface area (Å²) in [6.45, 7) is 1.06. The number of hydrogen-bond donors (Lipinski definition) is 3. The van der Waals surface area contributed by atoms with Crippen molar-refractivity contribution in [1.82, 2.24) is 4.90 Å². The Morgan fingerprint density at radius 3 is 2.00 bits per heavy atom. The Bertz CT molecular complexity index is 995. The van der Waals surface area contributed by atoms with Gasteiger partial charge in [-0.1, -0.05) is 66.7 Å². The van der Waals surface area contributed by atoms with E-state index in [1.165, 1.54) is 0 Å². The number of phenolic OH excluding ortho intramolecular Hbond substituents is 1. The smallest absolute Gasteiger partial charge is 0.490 e. The average molecular weight is 447 g/mol. The highest BCUT2D eigenvalue weighted by molar-refractivity contribution is 5.73. The number of aliphatic hydroxyl groups is 1. The quantitative estimate of drug-likeness (QED) is 0.503. The molecule has 0 amide bonds. The summed E-state index contributed by atoms with van der Waals surface area (Å²) in [4.78, 5) is 10.9. The Kier molecular flexibility index (Phi) is 8.80. The summed E-state index contributed by atoms with van der Waals surface area (Å²) in [5, 5.41) is 27.7. The van der Waals surface area contributed by atoms with E-state index in [1.54, 1.807) is 6.07 Å². The average Bonchev–Trinajstić information content (AvgIpc) is 2.76. The molecule has 0 heterocycles. The fourth-order valence-electron chi connectivity index (χ4n) is 2.95. The summed E-state index contributed by atoms with van der Waals surface area (Å²) >= 11 is 0. The zero-order chi connectivity index (χ0) is 23.7. The minimum absolute atomic E-state index is 0.278. The van der Waals surface area contributed by atoms with Crippen molar-refractivity contribution in [1.29, 1.82) is 0 Å². The lowest BCUT2D eigenvalue weighted by molar-refractivity contribution is -0.192. The molecule has 32 heavy (non-hydrogen) atoms. The van der Waals surface area contributed by atoms with E-state index < -0.39 is 18.2 Å². The first-order chi connectivity index (χ1) is 15.1. The Morgan fingerprint density at radius 1 is 0.938 bits per heavy atom. The predicted molar refractivity (Wildman–Crippen MR) is 115 cm³/mol. The normalized spacial score (nSPS) is 12.1. The van der Waals surface area contributed by atoms with Crippen LogP contribution in [0, 0.1) is 0 Å². The van der Waals surface area contributed by atoms with Gasteiger partial charge in [0, 0.05) is 18.7 Å². The molecule has 0 aromatic heterocycles. The maximum atomic E-state index is 10.6. The summed E-state index contributed by atoms with van der Waals surface area (Å²) in [6.07, 6.45) is -5.63. The zero-order valence-electron chi connectivity index (χ0n) is 17.3. The van der Waals surface area contributed by atoms with Gasteiger partial charge < -0.3 is 15.3 Å². The maximum Gasteiger partial charge on any atom is 0.490 e. The Balaban J connectivity index is 0.000000451. The van der Waals surface area contributed by atoms with Gasteiger partial charge in [0.2, 0.25) is 0 Å². The van der Waals surface area contributed by atoms with E-state index in [2.05, 4.69) is 12.1 Å². The van der Waals surface area contributed by atoms with E-state index >= 15 is 0 Å². The van der Waals surface area contributed by atoms with Crippen LogP contribution < -0.4 is 0 Å². The van der Waals surface area contributed by atoms with Crippen molar-refractivity contribution in [2.45, 2.75) is 18.8 Å². The highest BCUT2D eigenvalue weighted by Gasteiger charge is 2.38. The second-order valence-electron chi connectivity index (χ2n) is 7.14. The minimum atomic E-state index is -5.08. The van der Waals surface area contributed by atoms with Crippen LogP contribution in [0.4, 0.5) is 13.2 Å². The third-order valence-corrected chi connectivity index (χ3v) is 4.54. The lowest BCUT2D eigenvalue weighted by atomic mass is 10.0. The molecule has 0 saturated heterocycles. The number of aliphatic hydroxyl groups excluding tert-OH is 1. The number of carboxylic acid groups (broad SMARTS) is 1. The third-order valence-electron chi connectivity index (χ3n) is 4.54. The molecule has 3 rings (SSSR count). The lowest BCUT2D eigenvalue weighted by Crippen LogP contribution is -2.24. The van der Waals surface area contributed by atoms with E-state index in [1.807, 2.05) is 72.6 Å². The molecule has 8 heteroatoms. The number of benzene rings is 3. The molecule has 170 valence electrons. The zero-order valence-corrected chi connectivity index (χ0v) is 17.3. The van der Waals surface area contributed by atoms with Crippen molar-refractivity contribution in [3.05, 3.63) is 90.0 Å². The molecule has 0 aliphatic carbocycles. The molecule has 1 atom stereocenters. The van der Waals surface area contributed by atoms with Gasteiger partial charge in [-0.25, -0.2) is 4.79 Å². The summed E-state index contributed by atoms with van der Waals surface area (Å²) in [5.74, 6) is -2.48. The van der Waals surface area contributed by atoms with Crippen LogP contribution in [0.3, 0.4) is 0 Å². The van der Waals surface area contributed by atoms with Crippen molar-refractivity contribution < 1.29 is 33.3 Å². The Hall–Kier alpha value is -3.36. The number of aromatic hydroxyl groups is 1. The first-order valence-electron chi connectivity index (χ1n) is 9.67. The molecular weight excluding hydrogens is 423 g/mol. The number of alkyl halides is 3. The number of aliphatic carboxylic acids is 1. The minimum Gasteiger partial charge on any atom is -0.508 e. The van der Waals surface area contributed by atoms with E-state index in [0.29, 0.717) is 13.1 Å². The number of carbonyl (C=O) groups is 1. The van der Waals surface area contributed by atoms with Crippen LogP contribution in [-0.2, 0) is 11.3 Å². The fraction of sp³-hybridized carbons (Fsp3) is 0.208. The van der Waals surface area contributed by atoms with Crippen molar-refractivity contribution in [3.63, 3.8) is 0 Å². The highest BCUT2D eigenvalue weighted by atomic mass is 19.4. The van der Waals surface area contributed by atoms with Gasteiger partial charge in [-0.2, -0.15) is 13.2 Å². The molecule has 0 bridgehead atoms. The van der Waals surface area contributed by atoms with Crippen LogP contribution in [0.15, 0.2) is 78.9 Å². The van der Waals surface area contributed by atoms with Crippen molar-refractivity contribution >= 4 is 5.97 Å². The first kappa shape index (κ1) is 24.9. The van der Waals surface area contributed by atoms with Gasteiger partial charge in [0.25, 0.3) is 0 Å². The molecule has 0 aliphatic rings. The first-order valence-corrected chi connectivity index (χ1v) is 9.67. The Morgan fingerprint density at radius 2 is 1.47 bits per heavy atom. The van der Waals surface area contributed by atoms with Gasteiger partial charge in [0.1, 0.15) is 5.75 Å². The number of carboxylic acids is 1.